The van der Waals surface area contributed by atoms with Crippen molar-refractivity contribution in [2.75, 3.05) is 0 Å². The van der Waals surface area contributed by atoms with E-state index in [1.165, 1.54) is 6.07 Å². The number of pyridine rings is 1. The number of nitrogens with zero attached hydrogens (tertiary/aromatic N) is 3. The summed E-state index contributed by atoms with van der Waals surface area (Å²) < 4.78 is 20.9. The van der Waals surface area contributed by atoms with Crippen LogP contribution in [0.3, 0.4) is 0 Å². The van der Waals surface area contributed by atoms with Crippen LogP contribution in [-0.2, 0) is 24.1 Å². The maximum Gasteiger partial charge on any atom is 0.407 e. The van der Waals surface area contributed by atoms with Gasteiger partial charge in [-0.3, -0.25) is 0 Å². The molecule has 4 rings (SSSR count). The molecule has 0 radical (unpaired) electrons. The number of nitrogens with one attached hydrogen (secondary N) is 1. The van der Waals surface area contributed by atoms with Gasteiger partial charge in [0.05, 0.1) is 30.0 Å². The van der Waals surface area contributed by atoms with Crippen LogP contribution < -0.4 is 5.32 Å². The molecule has 0 saturated heterocycles. The zero-order valence-electron chi connectivity index (χ0n) is 16.3. The molecule has 0 bridgehead atoms. The van der Waals surface area contributed by atoms with E-state index in [-0.39, 0.29) is 12.1 Å². The normalized spacial score (nSPS) is 15.3. The lowest BCUT2D eigenvalue weighted by molar-refractivity contribution is 0.112. The first-order chi connectivity index (χ1) is 13.9. The Bertz CT molecular complexity index is 1130. The van der Waals surface area contributed by atoms with Gasteiger partial charge < -0.3 is 14.6 Å². The van der Waals surface area contributed by atoms with Crippen molar-refractivity contribution in [1.82, 2.24) is 14.9 Å². The molecule has 1 aliphatic rings. The van der Waals surface area contributed by atoms with E-state index < -0.39 is 12.0 Å². The molecule has 1 aromatic carbocycles. The summed E-state index contributed by atoms with van der Waals surface area (Å²) >= 11 is 0. The third-order valence-corrected chi connectivity index (χ3v) is 5.06. The number of ether oxygens (including phenoxy) is 1. The number of halogens is 1. The average Bonchev–Trinajstić information content (AvgIpc) is 3.19. The van der Waals surface area contributed by atoms with Crippen molar-refractivity contribution in [3.05, 3.63) is 64.9 Å². The molecule has 6 nitrogen and oxygen atoms in total. The van der Waals surface area contributed by atoms with Crippen LogP contribution in [0, 0.1) is 17.3 Å². The van der Waals surface area contributed by atoms with Crippen LogP contribution in [0.5, 0.6) is 0 Å². The Balaban J connectivity index is 1.70. The van der Waals surface area contributed by atoms with Crippen molar-refractivity contribution in [2.45, 2.75) is 45.4 Å². The zero-order valence-corrected chi connectivity index (χ0v) is 16.3. The molecule has 0 fully saturated rings. The summed E-state index contributed by atoms with van der Waals surface area (Å²) in [5.74, 6) is -0.515. The van der Waals surface area contributed by atoms with Gasteiger partial charge in [-0.25, -0.2) is 9.78 Å². The number of fused-ring (bicyclic) bond motifs is 3. The van der Waals surface area contributed by atoms with Crippen LogP contribution in [0.2, 0.25) is 0 Å². The predicted molar refractivity (Wildman–Crippen MR) is 106 cm³/mol. The topological polar surface area (TPSA) is 79.9 Å². The van der Waals surface area contributed by atoms with E-state index >= 15 is 0 Å². The Hall–Kier alpha value is -3.40. The van der Waals surface area contributed by atoms with Gasteiger partial charge in [0.25, 0.3) is 0 Å². The van der Waals surface area contributed by atoms with Gasteiger partial charge in [-0.2, -0.15) is 9.65 Å². The molecule has 0 aliphatic heterocycles. The molecule has 2 heterocycles. The van der Waals surface area contributed by atoms with E-state index in [1.54, 1.807) is 32.0 Å². The monoisotopic (exact) mass is 392 g/mol. The summed E-state index contributed by atoms with van der Waals surface area (Å²) in [6.07, 6.45) is 0.660. The summed E-state index contributed by atoms with van der Waals surface area (Å²) in [5.41, 5.74) is 4.34. The number of hydrogen-bond donors (Lipinski definition) is 1. The second-order valence-corrected chi connectivity index (χ2v) is 7.51. The lowest BCUT2D eigenvalue weighted by Gasteiger charge is -2.16. The van der Waals surface area contributed by atoms with Gasteiger partial charge in [-0.1, -0.05) is 6.07 Å². The summed E-state index contributed by atoms with van der Waals surface area (Å²) in [6.45, 7) is 4.03. The SMILES string of the molecule is CC(C)OC(=O)NC1Cc2c(n(Cc3cccc(F)n3)c3ccc(C#N)cc23)C1. The number of amides is 1. The van der Waals surface area contributed by atoms with Gasteiger partial charge >= 0.3 is 6.09 Å². The van der Waals surface area contributed by atoms with E-state index in [9.17, 15) is 14.4 Å². The Labute approximate surface area is 167 Å². The average molecular weight is 392 g/mol. The lowest BCUT2D eigenvalue weighted by Crippen LogP contribution is -2.37. The first kappa shape index (κ1) is 18.9. The molecule has 148 valence electrons. The maximum atomic E-state index is 13.6. The van der Waals surface area contributed by atoms with Crippen molar-refractivity contribution in [1.29, 1.82) is 5.26 Å². The quantitative estimate of drug-likeness (QED) is 0.687. The predicted octanol–water partition coefficient (Wildman–Crippen LogP) is 3.70. The lowest BCUT2D eigenvalue weighted by atomic mass is 10.1. The van der Waals surface area contributed by atoms with E-state index in [2.05, 4.69) is 20.9 Å². The van der Waals surface area contributed by atoms with Gasteiger partial charge in [0.15, 0.2) is 0 Å². The van der Waals surface area contributed by atoms with Crippen LogP contribution >= 0.6 is 0 Å². The highest BCUT2D eigenvalue weighted by Gasteiger charge is 2.30. The molecule has 3 aromatic rings. The Morgan fingerprint density at radius 1 is 1.38 bits per heavy atom. The number of benzene rings is 1. The van der Waals surface area contributed by atoms with Crippen LogP contribution in [0.15, 0.2) is 36.4 Å². The fourth-order valence-corrected chi connectivity index (χ4v) is 3.96. The number of hydrogen-bond acceptors (Lipinski definition) is 4. The molecule has 0 spiro atoms. The number of alkyl carbamates (subject to hydrolysis) is 1. The molecular formula is C22H21FN4O2. The Morgan fingerprint density at radius 2 is 2.21 bits per heavy atom. The van der Waals surface area contributed by atoms with E-state index in [1.807, 2.05) is 12.1 Å². The third-order valence-electron chi connectivity index (χ3n) is 5.06. The molecular weight excluding hydrogens is 371 g/mol. The van der Waals surface area contributed by atoms with Gasteiger partial charge in [0, 0.05) is 29.1 Å². The Kier molecular flexibility index (Phi) is 4.93. The molecule has 1 aliphatic carbocycles. The molecule has 2 aromatic heterocycles. The first-order valence-corrected chi connectivity index (χ1v) is 9.57. The van der Waals surface area contributed by atoms with Crippen molar-refractivity contribution in [2.24, 2.45) is 0 Å². The van der Waals surface area contributed by atoms with Crippen molar-refractivity contribution in [3.8, 4) is 6.07 Å². The standard InChI is InChI=1S/C22H21FN4O2/c1-13(2)29-22(28)26-16-9-18-17-8-14(11-24)6-7-19(17)27(20(18)10-16)12-15-4-3-5-21(23)25-15/h3-8,13,16H,9-10,12H2,1-2H3,(H,26,28). The first-order valence-electron chi connectivity index (χ1n) is 9.57. The van der Waals surface area contributed by atoms with Crippen LogP contribution in [0.1, 0.15) is 36.4 Å². The summed E-state index contributed by atoms with van der Waals surface area (Å²) in [6, 6.07) is 12.4. The van der Waals surface area contributed by atoms with Crippen LogP contribution in [-0.4, -0.2) is 27.8 Å². The summed E-state index contributed by atoms with van der Waals surface area (Å²) in [4.78, 5) is 16.0. The van der Waals surface area contributed by atoms with Gasteiger partial charge in [0.2, 0.25) is 5.95 Å². The molecule has 1 atom stereocenters. The number of carbonyl (C=O) groups is 1. The molecule has 1 N–H and O–H groups in total. The smallest absolute Gasteiger partial charge is 0.407 e. The van der Waals surface area contributed by atoms with Crippen molar-refractivity contribution >= 4 is 17.0 Å². The van der Waals surface area contributed by atoms with E-state index in [4.69, 9.17) is 4.74 Å². The molecule has 0 saturated carbocycles. The van der Waals surface area contributed by atoms with Crippen LogP contribution in [0.25, 0.3) is 10.9 Å². The van der Waals surface area contributed by atoms with Gasteiger partial charge in [0.1, 0.15) is 0 Å². The minimum absolute atomic E-state index is 0.0897. The van der Waals surface area contributed by atoms with Gasteiger partial charge in [-0.05, 0) is 56.2 Å². The minimum atomic E-state index is -0.515. The largest absolute Gasteiger partial charge is 0.447 e. The minimum Gasteiger partial charge on any atom is -0.447 e. The van der Waals surface area contributed by atoms with Crippen LogP contribution in [0.4, 0.5) is 9.18 Å². The highest BCUT2D eigenvalue weighted by Crippen LogP contribution is 2.34. The number of carbonyl (C=O) groups excluding carboxylic acids is 1. The fraction of sp³-hybridized carbons (Fsp3) is 0.318. The highest BCUT2D eigenvalue weighted by molar-refractivity contribution is 5.88. The van der Waals surface area contributed by atoms with E-state index in [0.29, 0.717) is 30.6 Å². The Morgan fingerprint density at radius 3 is 2.93 bits per heavy atom. The number of nitriles is 1. The van der Waals surface area contributed by atoms with Crippen molar-refractivity contribution < 1.29 is 13.9 Å². The summed E-state index contributed by atoms with van der Waals surface area (Å²) in [5, 5.41) is 13.2. The number of rotatable bonds is 4. The fourth-order valence-electron chi connectivity index (χ4n) is 3.96. The maximum absolute atomic E-state index is 13.6. The zero-order chi connectivity index (χ0) is 20.5. The van der Waals surface area contributed by atoms with E-state index in [0.717, 1.165) is 22.2 Å². The van der Waals surface area contributed by atoms with Gasteiger partial charge in [-0.15, -0.1) is 0 Å². The molecule has 1 unspecified atom stereocenters. The molecule has 7 heteroatoms. The highest BCUT2D eigenvalue weighted by atomic mass is 19.1. The number of aromatic nitrogens is 2. The third kappa shape index (κ3) is 3.79. The summed E-state index contributed by atoms with van der Waals surface area (Å²) in [7, 11) is 0. The molecule has 29 heavy (non-hydrogen) atoms. The second-order valence-electron chi connectivity index (χ2n) is 7.51. The molecule has 1 amide bonds. The second kappa shape index (κ2) is 7.55. The van der Waals surface area contributed by atoms with Crippen molar-refractivity contribution in [3.63, 3.8) is 0 Å².